The van der Waals surface area contributed by atoms with Gasteiger partial charge in [-0.3, -0.25) is 9.69 Å². The van der Waals surface area contributed by atoms with Gasteiger partial charge in [0.05, 0.1) is 13.2 Å². The third-order valence-corrected chi connectivity index (χ3v) is 2.80. The van der Waals surface area contributed by atoms with Gasteiger partial charge in [-0.15, -0.1) is 0 Å². The predicted molar refractivity (Wildman–Crippen MR) is 67.9 cm³/mol. The fourth-order valence-electron chi connectivity index (χ4n) is 1.55. The van der Waals surface area contributed by atoms with E-state index in [4.69, 9.17) is 21.4 Å². The van der Waals surface area contributed by atoms with Crippen LogP contribution in [0.25, 0.3) is 0 Å². The fraction of sp³-hybridized carbons (Fsp3) is 0.417. The minimum Gasteiger partial charge on any atom is -0.508 e. The van der Waals surface area contributed by atoms with Crippen LogP contribution in [0.2, 0.25) is 5.02 Å². The quantitative estimate of drug-likeness (QED) is 0.789. The number of carboxylic acids is 1. The van der Waals surface area contributed by atoms with Crippen molar-refractivity contribution < 1.29 is 19.7 Å². The van der Waals surface area contributed by atoms with Crippen molar-refractivity contribution in [3.05, 3.63) is 28.8 Å². The Morgan fingerprint density at radius 2 is 2.22 bits per heavy atom. The molecular weight excluding hydrogens is 258 g/mol. The number of carbonyl (C=O) groups is 1. The number of aliphatic carboxylic acids is 1. The van der Waals surface area contributed by atoms with Crippen LogP contribution in [-0.2, 0) is 16.1 Å². The first-order chi connectivity index (χ1) is 8.54. The second-order valence-corrected chi connectivity index (χ2v) is 4.24. The number of methoxy groups -OCH3 is 1. The fourth-order valence-corrected chi connectivity index (χ4v) is 1.78. The summed E-state index contributed by atoms with van der Waals surface area (Å²) in [5, 5.41) is 19.0. The standard InChI is InChI=1S/C12H16ClNO4/c1-18-6-5-14(8-12(16)17)7-9-10(13)3-2-4-11(9)15/h2-4,15H,5-8H2,1H3,(H,16,17). The summed E-state index contributed by atoms with van der Waals surface area (Å²) in [6.07, 6.45) is 0. The number of aromatic hydroxyl groups is 1. The van der Waals surface area contributed by atoms with Crippen molar-refractivity contribution in [3.63, 3.8) is 0 Å². The Morgan fingerprint density at radius 1 is 1.50 bits per heavy atom. The molecule has 0 saturated heterocycles. The van der Waals surface area contributed by atoms with Gasteiger partial charge in [-0.05, 0) is 12.1 Å². The summed E-state index contributed by atoms with van der Waals surface area (Å²) in [7, 11) is 1.55. The van der Waals surface area contributed by atoms with Gasteiger partial charge in [0, 0.05) is 30.8 Å². The summed E-state index contributed by atoms with van der Waals surface area (Å²) in [5.74, 6) is -0.868. The lowest BCUT2D eigenvalue weighted by Crippen LogP contribution is -2.32. The first-order valence-electron chi connectivity index (χ1n) is 5.44. The number of halogens is 1. The molecule has 0 spiro atoms. The molecule has 0 bridgehead atoms. The molecule has 0 heterocycles. The highest BCUT2D eigenvalue weighted by Gasteiger charge is 2.14. The Balaban J connectivity index is 2.78. The minimum absolute atomic E-state index is 0.0651. The zero-order chi connectivity index (χ0) is 13.5. The van der Waals surface area contributed by atoms with Crippen molar-refractivity contribution >= 4 is 17.6 Å². The predicted octanol–water partition coefficient (Wildman–Crippen LogP) is 1.58. The number of phenols is 1. The van der Waals surface area contributed by atoms with E-state index in [1.807, 2.05) is 0 Å². The summed E-state index contributed by atoms with van der Waals surface area (Å²) in [6, 6.07) is 4.82. The zero-order valence-electron chi connectivity index (χ0n) is 10.1. The molecule has 0 saturated carbocycles. The molecule has 0 aliphatic rings. The molecule has 0 aromatic heterocycles. The largest absolute Gasteiger partial charge is 0.508 e. The molecule has 100 valence electrons. The number of hydrogen-bond acceptors (Lipinski definition) is 4. The SMILES string of the molecule is COCCN(CC(=O)O)Cc1c(O)cccc1Cl. The average molecular weight is 274 g/mol. The van der Waals surface area contributed by atoms with Crippen molar-refractivity contribution in [2.24, 2.45) is 0 Å². The molecule has 0 atom stereocenters. The van der Waals surface area contributed by atoms with E-state index in [1.165, 1.54) is 6.07 Å². The number of ether oxygens (including phenoxy) is 1. The highest BCUT2D eigenvalue weighted by molar-refractivity contribution is 6.31. The molecule has 6 heteroatoms. The Bertz CT molecular complexity index is 391. The number of nitrogens with zero attached hydrogens (tertiary/aromatic N) is 1. The molecule has 1 rings (SSSR count). The van der Waals surface area contributed by atoms with E-state index < -0.39 is 5.97 Å². The molecule has 0 aliphatic heterocycles. The third kappa shape index (κ3) is 4.52. The summed E-state index contributed by atoms with van der Waals surface area (Å²) < 4.78 is 4.92. The second kappa shape index (κ2) is 7.20. The van der Waals surface area contributed by atoms with Crippen molar-refractivity contribution in [1.29, 1.82) is 0 Å². The number of rotatable bonds is 7. The van der Waals surface area contributed by atoms with Crippen molar-refractivity contribution in [3.8, 4) is 5.75 Å². The monoisotopic (exact) mass is 273 g/mol. The van der Waals surface area contributed by atoms with Crippen LogP contribution in [-0.4, -0.2) is 47.9 Å². The van der Waals surface area contributed by atoms with Gasteiger partial charge >= 0.3 is 5.97 Å². The van der Waals surface area contributed by atoms with Gasteiger partial charge in [0.2, 0.25) is 0 Å². The molecule has 0 amide bonds. The Kier molecular flexibility index (Phi) is 5.91. The van der Waals surface area contributed by atoms with Crippen LogP contribution in [0.3, 0.4) is 0 Å². The minimum atomic E-state index is -0.933. The van der Waals surface area contributed by atoms with Gasteiger partial charge in [-0.2, -0.15) is 0 Å². The summed E-state index contributed by atoms with van der Waals surface area (Å²) in [4.78, 5) is 12.4. The molecule has 18 heavy (non-hydrogen) atoms. The van der Waals surface area contributed by atoms with Gasteiger partial charge < -0.3 is 14.9 Å². The van der Waals surface area contributed by atoms with Gasteiger partial charge in [0.1, 0.15) is 5.75 Å². The number of benzene rings is 1. The molecule has 1 aromatic carbocycles. The molecular formula is C12H16ClNO4. The number of hydrogen-bond donors (Lipinski definition) is 2. The highest BCUT2D eigenvalue weighted by Crippen LogP contribution is 2.26. The van der Waals surface area contributed by atoms with Gasteiger partial charge in [0.15, 0.2) is 0 Å². The van der Waals surface area contributed by atoms with E-state index >= 15 is 0 Å². The zero-order valence-corrected chi connectivity index (χ0v) is 10.9. The maximum atomic E-state index is 10.8. The van der Waals surface area contributed by atoms with Crippen LogP contribution in [0.5, 0.6) is 5.75 Å². The van der Waals surface area contributed by atoms with Gasteiger partial charge in [0.25, 0.3) is 0 Å². The lowest BCUT2D eigenvalue weighted by molar-refractivity contribution is -0.138. The third-order valence-electron chi connectivity index (χ3n) is 2.45. The molecule has 0 fully saturated rings. The van der Waals surface area contributed by atoms with Gasteiger partial charge in [-0.1, -0.05) is 17.7 Å². The lowest BCUT2D eigenvalue weighted by Gasteiger charge is -2.21. The molecule has 0 radical (unpaired) electrons. The summed E-state index contributed by atoms with van der Waals surface area (Å²) in [5.41, 5.74) is 0.525. The number of carboxylic acid groups (broad SMARTS) is 1. The average Bonchev–Trinajstić information content (AvgIpc) is 2.30. The number of phenolic OH excluding ortho intramolecular Hbond substituents is 1. The van der Waals surface area contributed by atoms with Crippen LogP contribution in [0.15, 0.2) is 18.2 Å². The maximum Gasteiger partial charge on any atom is 0.317 e. The van der Waals surface area contributed by atoms with E-state index in [-0.39, 0.29) is 18.8 Å². The molecule has 1 aromatic rings. The normalized spacial score (nSPS) is 10.8. The van der Waals surface area contributed by atoms with Crippen molar-refractivity contribution in [1.82, 2.24) is 4.90 Å². The van der Waals surface area contributed by atoms with Crippen LogP contribution in [0.1, 0.15) is 5.56 Å². The smallest absolute Gasteiger partial charge is 0.317 e. The van der Waals surface area contributed by atoms with Gasteiger partial charge in [-0.25, -0.2) is 0 Å². The Hall–Kier alpha value is -1.30. The molecule has 0 aliphatic carbocycles. The first-order valence-corrected chi connectivity index (χ1v) is 5.82. The molecule has 2 N–H and O–H groups in total. The van der Waals surface area contributed by atoms with Crippen molar-refractivity contribution in [2.45, 2.75) is 6.54 Å². The van der Waals surface area contributed by atoms with Crippen LogP contribution in [0, 0.1) is 0 Å². The molecule has 0 unspecified atom stereocenters. The topological polar surface area (TPSA) is 70.0 Å². The van der Waals surface area contributed by atoms with Crippen molar-refractivity contribution in [2.75, 3.05) is 26.8 Å². The van der Waals surface area contributed by atoms with Crippen LogP contribution >= 0.6 is 11.6 Å². The Morgan fingerprint density at radius 3 is 2.78 bits per heavy atom. The van der Waals surface area contributed by atoms with E-state index in [1.54, 1.807) is 24.1 Å². The van der Waals surface area contributed by atoms with E-state index in [9.17, 15) is 9.90 Å². The second-order valence-electron chi connectivity index (χ2n) is 3.83. The van der Waals surface area contributed by atoms with E-state index in [0.29, 0.717) is 23.7 Å². The summed E-state index contributed by atoms with van der Waals surface area (Å²) >= 11 is 5.98. The first kappa shape index (κ1) is 14.8. The lowest BCUT2D eigenvalue weighted by atomic mass is 10.2. The van der Waals surface area contributed by atoms with E-state index in [0.717, 1.165) is 0 Å². The summed E-state index contributed by atoms with van der Waals surface area (Å²) in [6.45, 7) is 1.00. The maximum absolute atomic E-state index is 10.8. The molecule has 5 nitrogen and oxygen atoms in total. The Labute approximate surface area is 111 Å². The van der Waals surface area contributed by atoms with Crippen LogP contribution < -0.4 is 0 Å². The van der Waals surface area contributed by atoms with Crippen LogP contribution in [0.4, 0.5) is 0 Å². The highest BCUT2D eigenvalue weighted by atomic mass is 35.5. The van der Waals surface area contributed by atoms with E-state index in [2.05, 4.69) is 0 Å².